The van der Waals surface area contributed by atoms with Gasteiger partial charge in [0.25, 0.3) is 0 Å². The number of fused-ring (bicyclic) bond motifs is 1. The fourth-order valence-electron chi connectivity index (χ4n) is 14.1. The van der Waals surface area contributed by atoms with Gasteiger partial charge in [0.15, 0.2) is 17.2 Å². The minimum absolute atomic E-state index is 0.00671. The van der Waals surface area contributed by atoms with Crippen LogP contribution in [0.15, 0.2) is 71.9 Å². The predicted molar refractivity (Wildman–Crippen MR) is 350 cm³/mol. The third-order valence-corrected chi connectivity index (χ3v) is 20.7. The molecule has 7 aliphatic heterocycles. The molecule has 3 spiro atoms. The van der Waals surface area contributed by atoms with Crippen LogP contribution in [0, 0.1) is 17.8 Å². The Morgan fingerprint density at radius 3 is 2.22 bits per heavy atom. The summed E-state index contributed by atoms with van der Waals surface area (Å²) in [6.07, 6.45) is 4.04. The Morgan fingerprint density at radius 1 is 0.808 bits per heavy atom. The van der Waals surface area contributed by atoms with Crippen LogP contribution in [0.5, 0.6) is 0 Å². The number of hydrogen-bond donors (Lipinski definition) is 10. The standard InChI is InChI=1S/C66H104O30S3/c1-40(16-10-9-14-30-85-56(72)18-12-8-11-17-46(67)34-49(95-98(79,80)81)35-51(69)60(96-99(82,83)84)52(70)39-88-97(76,77)78)38-86-62(74)63(7,75)37-48-21-22-55(71)66(91-48)36-41(2)32-54(92-66)42(3)19-20-47-24-28-65(90-47)29-25-53-61(94-65)57(73)45(6)59(89-53)50(68)33-44(5)58-43(4)23-27-64(93-58)26-13-15-31-87-64/h8-10,12,16,19-20,36,42-44,46-55,57-61,67-71,73,75H,6,11,13-15,17-18,21-35,37-39H2,1-5,7H3,(H,76,77,78)(H,79,80,81)(H,82,83,84)/b10-9+,12-8-,20-19+,40-16+. The topological polar surface area (TPSA) is 450 Å². The molecule has 0 aromatic rings. The minimum Gasteiger partial charge on any atom is -0.465 e. The lowest BCUT2D eigenvalue weighted by Gasteiger charge is -2.50. The molecule has 0 aromatic carbocycles. The van der Waals surface area contributed by atoms with Crippen LogP contribution in [0.1, 0.15) is 170 Å². The van der Waals surface area contributed by atoms with Gasteiger partial charge in [-0.05, 0) is 127 Å². The highest BCUT2D eigenvalue weighted by atomic mass is 32.3. The number of carbonyl (C=O) groups is 2. The molecule has 22 unspecified atom stereocenters. The molecule has 566 valence electrons. The summed E-state index contributed by atoms with van der Waals surface area (Å²) in [7, 11) is -15.9. The summed E-state index contributed by atoms with van der Waals surface area (Å²) in [5, 5.41) is 77.5. The zero-order valence-electron chi connectivity index (χ0n) is 57.1. The number of ether oxygens (including phenoxy) is 9. The van der Waals surface area contributed by atoms with Crippen molar-refractivity contribution >= 4 is 43.1 Å². The number of allylic oxidation sites excluding steroid dienone is 3. The summed E-state index contributed by atoms with van der Waals surface area (Å²) in [5.41, 5.74) is -0.0379. The smallest absolute Gasteiger partial charge is 0.397 e. The molecule has 7 aliphatic rings. The fraction of sp³-hybridized carbons (Fsp3) is 0.788. The van der Waals surface area contributed by atoms with Crippen LogP contribution in [0.3, 0.4) is 0 Å². The first kappa shape index (κ1) is 82.7. The van der Waals surface area contributed by atoms with Gasteiger partial charge in [0.1, 0.15) is 43.2 Å². The van der Waals surface area contributed by atoms with E-state index in [-0.39, 0.29) is 69.4 Å². The molecule has 10 N–H and O–H groups in total. The number of aliphatic hydroxyl groups excluding tert-OH is 6. The molecular weight excluding hydrogens is 1370 g/mol. The van der Waals surface area contributed by atoms with E-state index in [0.29, 0.717) is 75.0 Å². The summed E-state index contributed by atoms with van der Waals surface area (Å²) in [6, 6.07) is 0. The van der Waals surface area contributed by atoms with E-state index in [9.17, 15) is 75.1 Å². The van der Waals surface area contributed by atoms with Gasteiger partial charge in [-0.2, -0.15) is 25.3 Å². The summed E-state index contributed by atoms with van der Waals surface area (Å²) in [5.74, 6) is -4.37. The normalized spacial score (nSPS) is 33.6. The van der Waals surface area contributed by atoms with E-state index in [4.69, 9.17) is 51.7 Å². The van der Waals surface area contributed by atoms with E-state index < -0.39 is 165 Å². The Balaban J connectivity index is 0.788. The van der Waals surface area contributed by atoms with Crippen LogP contribution >= 0.6 is 0 Å². The SMILES string of the molecule is C=C1C(O)C2OC3(CCC(/C=C/C(C)C4CC(C)=CC5(OC(CC(C)(O)C(=O)OC/C(C)=C/C=C/CCOC(=O)C/C=C\CCC(O)CC(CC(O)C(OS(=O)(=O)O)C(O)COS(=O)(=O)O)OS(=O)(=O)O)CCC5O)O4)O3)CCC2OC1C(O)CC(C)C1OC2(CCCCO2)CCC1C. The average Bonchev–Trinajstić information content (AvgIpc) is 1.68. The maximum atomic E-state index is 13.3. The molecular formula is C66H104O30S3. The monoisotopic (exact) mass is 1470 g/mol. The molecule has 0 saturated carbocycles. The number of carbonyl (C=O) groups excluding carboxylic acids is 2. The summed E-state index contributed by atoms with van der Waals surface area (Å²) >= 11 is 0. The highest BCUT2D eigenvalue weighted by Crippen LogP contribution is 2.48. The first-order valence-electron chi connectivity index (χ1n) is 34.0. The molecule has 6 saturated heterocycles. The van der Waals surface area contributed by atoms with Crippen molar-refractivity contribution in [2.75, 3.05) is 26.4 Å². The third kappa shape index (κ3) is 25.1. The highest BCUT2D eigenvalue weighted by molar-refractivity contribution is 7.81. The molecule has 0 bridgehead atoms. The maximum Gasteiger partial charge on any atom is 0.397 e. The molecule has 0 amide bonds. The van der Waals surface area contributed by atoms with Crippen LogP contribution < -0.4 is 0 Å². The molecule has 0 aromatic heterocycles. The van der Waals surface area contributed by atoms with E-state index in [1.807, 2.05) is 26.0 Å². The fourth-order valence-corrected chi connectivity index (χ4v) is 15.4. The second-order valence-electron chi connectivity index (χ2n) is 28.0. The van der Waals surface area contributed by atoms with Gasteiger partial charge in [-0.25, -0.2) is 17.3 Å². The van der Waals surface area contributed by atoms with Gasteiger partial charge in [0.05, 0.1) is 81.2 Å². The van der Waals surface area contributed by atoms with Gasteiger partial charge in [-0.15, -0.1) is 0 Å². The molecule has 99 heavy (non-hydrogen) atoms. The van der Waals surface area contributed by atoms with E-state index in [1.165, 1.54) is 19.1 Å². The zero-order chi connectivity index (χ0) is 72.9. The first-order chi connectivity index (χ1) is 46.3. The van der Waals surface area contributed by atoms with E-state index in [0.717, 1.165) is 37.7 Å². The lowest BCUT2D eigenvalue weighted by molar-refractivity contribution is -0.321. The molecule has 0 radical (unpaired) electrons. The lowest BCUT2D eigenvalue weighted by Crippen LogP contribution is -2.60. The lowest BCUT2D eigenvalue weighted by atomic mass is 9.79. The Kier molecular flexibility index (Phi) is 30.0. The molecule has 7 rings (SSSR count). The molecule has 22 atom stereocenters. The van der Waals surface area contributed by atoms with Crippen molar-refractivity contribution in [2.24, 2.45) is 17.8 Å². The van der Waals surface area contributed by atoms with Crippen LogP contribution in [-0.2, 0) is 96.0 Å². The van der Waals surface area contributed by atoms with Gasteiger partial charge in [-0.1, -0.05) is 75.5 Å². The summed E-state index contributed by atoms with van der Waals surface area (Å²) < 4.78 is 164. The zero-order valence-corrected chi connectivity index (χ0v) is 59.5. The van der Waals surface area contributed by atoms with Crippen molar-refractivity contribution in [1.29, 1.82) is 0 Å². The largest absolute Gasteiger partial charge is 0.465 e. The van der Waals surface area contributed by atoms with Crippen molar-refractivity contribution in [1.82, 2.24) is 0 Å². The van der Waals surface area contributed by atoms with Crippen molar-refractivity contribution in [3.05, 3.63) is 71.9 Å². The van der Waals surface area contributed by atoms with E-state index >= 15 is 0 Å². The Bertz CT molecular complexity index is 3180. The van der Waals surface area contributed by atoms with Gasteiger partial charge >= 0.3 is 43.1 Å². The Hall–Kier alpha value is -3.57. The molecule has 7 heterocycles. The van der Waals surface area contributed by atoms with Crippen LogP contribution in [0.25, 0.3) is 0 Å². The van der Waals surface area contributed by atoms with Gasteiger partial charge in [-0.3, -0.25) is 18.5 Å². The average molecular weight is 1470 g/mol. The second-order valence-corrected chi connectivity index (χ2v) is 31.1. The molecule has 33 heteroatoms. The minimum atomic E-state index is -5.46. The predicted octanol–water partition coefficient (Wildman–Crippen LogP) is 4.89. The van der Waals surface area contributed by atoms with Crippen LogP contribution in [0.4, 0.5) is 0 Å². The Labute approximate surface area is 580 Å². The number of rotatable bonds is 34. The maximum absolute atomic E-state index is 13.3. The van der Waals surface area contributed by atoms with E-state index in [1.54, 1.807) is 31.2 Å². The van der Waals surface area contributed by atoms with Gasteiger partial charge in [0.2, 0.25) is 5.79 Å². The van der Waals surface area contributed by atoms with Crippen LogP contribution in [0.2, 0.25) is 0 Å². The van der Waals surface area contributed by atoms with Gasteiger partial charge < -0.3 is 78.4 Å². The quantitative estimate of drug-likeness (QED) is 0.0135. The number of hydrogen-bond acceptors (Lipinski definition) is 27. The summed E-state index contributed by atoms with van der Waals surface area (Å²) in [4.78, 5) is 25.7. The summed E-state index contributed by atoms with van der Waals surface area (Å²) in [6.45, 7) is 14.6. The molecule has 6 fully saturated rings. The third-order valence-electron chi connectivity index (χ3n) is 19.3. The van der Waals surface area contributed by atoms with Crippen LogP contribution in [-0.4, -0.2) is 228 Å². The Morgan fingerprint density at radius 2 is 1.53 bits per heavy atom. The molecule has 0 aliphatic carbocycles. The van der Waals surface area contributed by atoms with Crippen molar-refractivity contribution in [3.63, 3.8) is 0 Å². The van der Waals surface area contributed by atoms with E-state index in [2.05, 4.69) is 33.0 Å². The number of esters is 2. The second kappa shape index (κ2) is 35.9. The molecule has 30 nitrogen and oxygen atoms in total. The van der Waals surface area contributed by atoms with Crippen molar-refractivity contribution in [3.8, 4) is 0 Å². The van der Waals surface area contributed by atoms with Gasteiger partial charge in [0, 0.05) is 50.9 Å². The van der Waals surface area contributed by atoms with Crippen molar-refractivity contribution in [2.45, 2.75) is 284 Å². The highest BCUT2D eigenvalue weighted by Gasteiger charge is 2.55. The van der Waals surface area contributed by atoms with Crippen molar-refractivity contribution < 1.29 is 139 Å². The first-order valence-corrected chi connectivity index (χ1v) is 38.1. The number of aliphatic hydroxyl groups is 7.